The molecule has 1 aromatic heterocycles. The molecule has 3 rings (SSSR count). The fraction of sp³-hybridized carbons (Fsp3) is 0.125. The Labute approximate surface area is 137 Å². The number of nitrogens with zero attached hydrogens (tertiary/aromatic N) is 4. The summed E-state index contributed by atoms with van der Waals surface area (Å²) in [6, 6.07) is 17.3. The van der Waals surface area contributed by atoms with Gasteiger partial charge in [0, 0.05) is 23.2 Å². The molecule has 0 radical (unpaired) electrons. The number of carbonyl (C=O) groups excluding carboxylic acids is 1. The van der Waals surface area contributed by atoms with Gasteiger partial charge in [0.15, 0.2) is 5.82 Å². The Morgan fingerprint density at radius 3 is 2.74 bits per heavy atom. The molecule has 3 aromatic rings. The molecule has 6 nitrogen and oxygen atoms in total. The maximum Gasteiger partial charge on any atom is 0.234 e. The Kier molecular flexibility index (Phi) is 4.68. The van der Waals surface area contributed by atoms with Crippen molar-refractivity contribution in [2.24, 2.45) is 7.05 Å². The minimum absolute atomic E-state index is 0.0490. The Hall–Kier alpha value is -2.67. The molecule has 0 saturated carbocycles. The third-order valence-electron chi connectivity index (χ3n) is 3.14. The molecular weight excluding hydrogens is 310 g/mol. The third-order valence-corrected chi connectivity index (χ3v) is 4.15. The second-order valence-electron chi connectivity index (χ2n) is 4.86. The largest absolute Gasteiger partial charge is 0.325 e. The summed E-state index contributed by atoms with van der Waals surface area (Å²) in [4.78, 5) is 13.1. The van der Waals surface area contributed by atoms with Crippen molar-refractivity contribution in [3.63, 3.8) is 0 Å². The van der Waals surface area contributed by atoms with Gasteiger partial charge in [-0.1, -0.05) is 30.3 Å². The van der Waals surface area contributed by atoms with Gasteiger partial charge >= 0.3 is 0 Å². The van der Waals surface area contributed by atoms with Gasteiger partial charge < -0.3 is 5.32 Å². The van der Waals surface area contributed by atoms with E-state index in [9.17, 15) is 4.79 Å². The lowest BCUT2D eigenvalue weighted by molar-refractivity contribution is -0.113. The molecule has 0 fully saturated rings. The molecule has 1 heterocycles. The van der Waals surface area contributed by atoms with Crippen LogP contribution in [0.5, 0.6) is 0 Å². The molecule has 1 amide bonds. The first-order valence-electron chi connectivity index (χ1n) is 7.03. The molecule has 0 aliphatic rings. The molecule has 116 valence electrons. The zero-order chi connectivity index (χ0) is 16.1. The molecule has 23 heavy (non-hydrogen) atoms. The number of hydrogen-bond donors (Lipinski definition) is 1. The van der Waals surface area contributed by atoms with Crippen LogP contribution >= 0.6 is 11.8 Å². The van der Waals surface area contributed by atoms with Gasteiger partial charge in [-0.05, 0) is 34.7 Å². The predicted octanol–water partition coefficient (Wildman–Crippen LogP) is 2.61. The van der Waals surface area contributed by atoms with E-state index in [4.69, 9.17) is 0 Å². The molecular formula is C16H15N5OS. The summed E-state index contributed by atoms with van der Waals surface area (Å²) in [6.07, 6.45) is 0. The first kappa shape index (κ1) is 15.2. The Balaban J connectivity index is 1.64. The number of amides is 1. The first-order chi connectivity index (χ1) is 11.2. The van der Waals surface area contributed by atoms with E-state index >= 15 is 0 Å². The summed E-state index contributed by atoms with van der Waals surface area (Å²) in [7, 11) is 1.77. The number of hydrogen-bond acceptors (Lipinski definition) is 5. The highest BCUT2D eigenvalue weighted by Gasteiger charge is 2.08. The zero-order valence-corrected chi connectivity index (χ0v) is 13.3. The maximum atomic E-state index is 12.1. The van der Waals surface area contributed by atoms with Crippen molar-refractivity contribution >= 4 is 23.4 Å². The number of benzene rings is 2. The van der Waals surface area contributed by atoms with Crippen molar-refractivity contribution < 1.29 is 4.79 Å². The quantitative estimate of drug-likeness (QED) is 0.730. The smallest absolute Gasteiger partial charge is 0.234 e. The molecule has 0 atom stereocenters. The van der Waals surface area contributed by atoms with E-state index in [1.807, 2.05) is 54.6 Å². The van der Waals surface area contributed by atoms with Gasteiger partial charge in [-0.3, -0.25) is 4.79 Å². The van der Waals surface area contributed by atoms with Crippen molar-refractivity contribution in [2.45, 2.75) is 4.90 Å². The molecule has 0 unspecified atom stereocenters. The van der Waals surface area contributed by atoms with Crippen LogP contribution in [0.2, 0.25) is 0 Å². The second-order valence-corrected chi connectivity index (χ2v) is 5.91. The standard InChI is InChI=1S/C16H15N5OS/c1-21-16(18-19-20-21)12-6-5-7-13(10-12)17-15(22)11-23-14-8-3-2-4-9-14/h2-10H,11H2,1H3,(H,17,22). The lowest BCUT2D eigenvalue weighted by Crippen LogP contribution is -2.14. The summed E-state index contributed by atoms with van der Waals surface area (Å²) >= 11 is 1.50. The molecule has 0 spiro atoms. The lowest BCUT2D eigenvalue weighted by atomic mass is 10.2. The SMILES string of the molecule is Cn1nnnc1-c1cccc(NC(=O)CSc2ccccc2)c1. The van der Waals surface area contributed by atoms with Crippen LogP contribution in [-0.2, 0) is 11.8 Å². The van der Waals surface area contributed by atoms with Crippen LogP contribution in [0.4, 0.5) is 5.69 Å². The molecule has 1 N–H and O–H groups in total. The van der Waals surface area contributed by atoms with Crippen LogP contribution in [0.3, 0.4) is 0 Å². The average molecular weight is 325 g/mol. The van der Waals surface area contributed by atoms with Gasteiger partial charge in [-0.15, -0.1) is 16.9 Å². The molecule has 0 aliphatic heterocycles. The summed E-state index contributed by atoms with van der Waals surface area (Å²) in [5.41, 5.74) is 1.58. The van der Waals surface area contributed by atoms with Gasteiger partial charge in [0.1, 0.15) is 0 Å². The first-order valence-corrected chi connectivity index (χ1v) is 8.01. The van der Waals surface area contributed by atoms with Crippen molar-refractivity contribution in [1.82, 2.24) is 20.2 Å². The highest BCUT2D eigenvalue weighted by molar-refractivity contribution is 8.00. The Bertz CT molecular complexity index is 803. The van der Waals surface area contributed by atoms with Crippen molar-refractivity contribution in [2.75, 3.05) is 11.1 Å². The third kappa shape index (κ3) is 3.95. The van der Waals surface area contributed by atoms with E-state index in [0.29, 0.717) is 11.6 Å². The topological polar surface area (TPSA) is 72.7 Å². The number of nitrogens with one attached hydrogen (secondary N) is 1. The summed E-state index contributed by atoms with van der Waals surface area (Å²) in [6.45, 7) is 0. The van der Waals surface area contributed by atoms with E-state index in [2.05, 4.69) is 20.8 Å². The van der Waals surface area contributed by atoms with Crippen LogP contribution in [0, 0.1) is 0 Å². The number of aryl methyl sites for hydroxylation is 1. The number of aromatic nitrogens is 4. The van der Waals surface area contributed by atoms with Gasteiger partial charge in [0.25, 0.3) is 0 Å². The van der Waals surface area contributed by atoms with Crippen LogP contribution < -0.4 is 5.32 Å². The normalized spacial score (nSPS) is 10.5. The minimum Gasteiger partial charge on any atom is -0.325 e. The number of anilines is 1. The maximum absolute atomic E-state index is 12.1. The van der Waals surface area contributed by atoms with Gasteiger partial charge in [-0.2, -0.15) is 0 Å². The Morgan fingerprint density at radius 2 is 2.00 bits per heavy atom. The predicted molar refractivity (Wildman–Crippen MR) is 90.0 cm³/mol. The van der Waals surface area contributed by atoms with Crippen LogP contribution in [0.15, 0.2) is 59.5 Å². The van der Waals surface area contributed by atoms with E-state index in [-0.39, 0.29) is 5.91 Å². The average Bonchev–Trinajstić information content (AvgIpc) is 3.00. The van der Waals surface area contributed by atoms with Crippen LogP contribution in [0.1, 0.15) is 0 Å². The zero-order valence-electron chi connectivity index (χ0n) is 12.5. The summed E-state index contributed by atoms with van der Waals surface area (Å²) in [5, 5.41) is 14.3. The molecule has 0 saturated heterocycles. The number of tetrazole rings is 1. The summed E-state index contributed by atoms with van der Waals surface area (Å²) in [5.74, 6) is 0.964. The number of thioether (sulfide) groups is 1. The lowest BCUT2D eigenvalue weighted by Gasteiger charge is -2.07. The van der Waals surface area contributed by atoms with Crippen molar-refractivity contribution in [3.8, 4) is 11.4 Å². The van der Waals surface area contributed by atoms with Crippen LogP contribution in [-0.4, -0.2) is 31.9 Å². The second kappa shape index (κ2) is 7.06. The fourth-order valence-electron chi connectivity index (χ4n) is 2.07. The molecule has 7 heteroatoms. The Morgan fingerprint density at radius 1 is 1.17 bits per heavy atom. The highest BCUT2D eigenvalue weighted by Crippen LogP contribution is 2.21. The van der Waals surface area contributed by atoms with E-state index in [0.717, 1.165) is 16.1 Å². The monoisotopic (exact) mass is 325 g/mol. The van der Waals surface area contributed by atoms with Crippen LogP contribution in [0.25, 0.3) is 11.4 Å². The van der Waals surface area contributed by atoms with Gasteiger partial charge in [-0.25, -0.2) is 4.68 Å². The van der Waals surface area contributed by atoms with Crippen molar-refractivity contribution in [1.29, 1.82) is 0 Å². The molecule has 0 bridgehead atoms. The summed E-state index contributed by atoms with van der Waals surface area (Å²) < 4.78 is 1.59. The number of carbonyl (C=O) groups is 1. The van der Waals surface area contributed by atoms with Crippen molar-refractivity contribution in [3.05, 3.63) is 54.6 Å². The van der Waals surface area contributed by atoms with Gasteiger partial charge in [0.05, 0.1) is 5.75 Å². The molecule has 0 aliphatic carbocycles. The molecule has 2 aromatic carbocycles. The van der Waals surface area contributed by atoms with Gasteiger partial charge in [0.2, 0.25) is 5.91 Å². The fourth-order valence-corrected chi connectivity index (χ4v) is 2.79. The van der Waals surface area contributed by atoms with E-state index < -0.39 is 0 Å². The van der Waals surface area contributed by atoms with E-state index in [1.54, 1.807) is 11.7 Å². The van der Waals surface area contributed by atoms with E-state index in [1.165, 1.54) is 11.8 Å². The minimum atomic E-state index is -0.0490. The highest BCUT2D eigenvalue weighted by atomic mass is 32.2. The number of rotatable bonds is 5.